The van der Waals surface area contributed by atoms with Gasteiger partial charge in [-0.15, -0.1) is 5.10 Å². The van der Waals surface area contributed by atoms with E-state index in [2.05, 4.69) is 20.8 Å². The smallest absolute Gasteiger partial charge is 0.322 e. The second-order valence-corrected chi connectivity index (χ2v) is 4.76. The number of nitrogens with one attached hydrogen (secondary N) is 2. The van der Waals surface area contributed by atoms with Crippen LogP contribution in [-0.2, 0) is 9.53 Å². The molecule has 0 spiro atoms. The largest absolute Gasteiger partial charge is 0.406 e. The average Bonchev–Trinajstić information content (AvgIpc) is 2.98. The molecule has 1 atom stereocenters. The van der Waals surface area contributed by atoms with Gasteiger partial charge >= 0.3 is 6.01 Å². The molecule has 1 aliphatic heterocycles. The average molecular weight is 254 g/mol. The Labute approximate surface area is 105 Å². The maximum absolute atomic E-state index is 11.8. The van der Waals surface area contributed by atoms with Gasteiger partial charge in [0.25, 0.3) is 5.91 Å². The number of rotatable bonds is 4. The van der Waals surface area contributed by atoms with Crippen LogP contribution in [0.15, 0.2) is 4.42 Å². The monoisotopic (exact) mass is 254 g/mol. The van der Waals surface area contributed by atoms with Gasteiger partial charge in [-0.05, 0) is 33.2 Å². The summed E-state index contributed by atoms with van der Waals surface area (Å²) >= 11 is 0. The van der Waals surface area contributed by atoms with Crippen molar-refractivity contribution in [2.75, 3.05) is 19.0 Å². The van der Waals surface area contributed by atoms with Crippen molar-refractivity contribution in [3.05, 3.63) is 5.89 Å². The molecule has 18 heavy (non-hydrogen) atoms. The van der Waals surface area contributed by atoms with Gasteiger partial charge in [0.15, 0.2) is 0 Å². The van der Waals surface area contributed by atoms with E-state index in [1.54, 1.807) is 13.8 Å². The first kappa shape index (κ1) is 13.0. The van der Waals surface area contributed by atoms with Crippen LogP contribution in [0.5, 0.6) is 0 Å². The Balaban J connectivity index is 2.00. The molecular weight excluding hydrogens is 236 g/mol. The lowest BCUT2D eigenvalue weighted by Crippen LogP contribution is -2.38. The first-order valence-corrected chi connectivity index (χ1v) is 5.96. The zero-order valence-corrected chi connectivity index (χ0v) is 10.8. The topological polar surface area (TPSA) is 89.3 Å². The highest BCUT2D eigenvalue weighted by Gasteiger charge is 2.29. The molecule has 0 aliphatic carbocycles. The Bertz CT molecular complexity index is 424. The van der Waals surface area contributed by atoms with E-state index in [-0.39, 0.29) is 18.0 Å². The lowest BCUT2D eigenvalue weighted by molar-refractivity contribution is -0.133. The van der Waals surface area contributed by atoms with Gasteiger partial charge in [0.1, 0.15) is 5.60 Å². The van der Waals surface area contributed by atoms with Gasteiger partial charge in [-0.2, -0.15) is 0 Å². The number of carbonyl (C=O) groups is 1. The van der Waals surface area contributed by atoms with Crippen LogP contribution in [0.25, 0.3) is 0 Å². The molecule has 0 saturated carbocycles. The minimum Gasteiger partial charge on any atom is -0.406 e. The number of amides is 1. The van der Waals surface area contributed by atoms with Crippen molar-refractivity contribution in [3.8, 4) is 0 Å². The lowest BCUT2D eigenvalue weighted by atomic mass is 10.1. The van der Waals surface area contributed by atoms with Gasteiger partial charge in [0.2, 0.25) is 5.89 Å². The fraction of sp³-hybridized carbons (Fsp3) is 0.727. The Morgan fingerprint density at radius 1 is 1.56 bits per heavy atom. The number of anilines is 1. The number of ether oxygens (including phenoxy) is 1. The van der Waals surface area contributed by atoms with Gasteiger partial charge in [-0.3, -0.25) is 10.1 Å². The van der Waals surface area contributed by atoms with Crippen LogP contribution >= 0.6 is 0 Å². The fourth-order valence-corrected chi connectivity index (χ4v) is 1.66. The predicted octanol–water partition coefficient (Wildman–Crippen LogP) is 0.858. The van der Waals surface area contributed by atoms with Crippen molar-refractivity contribution in [2.45, 2.75) is 38.3 Å². The molecule has 1 fully saturated rings. The molecular formula is C11H18N4O3. The molecule has 2 heterocycles. The van der Waals surface area contributed by atoms with E-state index >= 15 is 0 Å². The van der Waals surface area contributed by atoms with E-state index in [0.29, 0.717) is 5.89 Å². The predicted molar refractivity (Wildman–Crippen MR) is 64.0 cm³/mol. The molecule has 2 N–H and O–H groups in total. The molecule has 7 nitrogen and oxygen atoms in total. The number of hydrogen-bond donors (Lipinski definition) is 2. The maximum atomic E-state index is 11.8. The van der Waals surface area contributed by atoms with Crippen LogP contribution < -0.4 is 10.6 Å². The summed E-state index contributed by atoms with van der Waals surface area (Å²) in [5.74, 6) is 0.192. The van der Waals surface area contributed by atoms with Crippen molar-refractivity contribution < 1.29 is 13.9 Å². The quantitative estimate of drug-likeness (QED) is 0.828. The fourth-order valence-electron chi connectivity index (χ4n) is 1.66. The van der Waals surface area contributed by atoms with E-state index in [4.69, 9.17) is 9.15 Å². The molecule has 1 unspecified atom stereocenters. The molecule has 7 heteroatoms. The van der Waals surface area contributed by atoms with Gasteiger partial charge in [-0.25, -0.2) is 0 Å². The van der Waals surface area contributed by atoms with E-state index in [1.807, 2.05) is 0 Å². The van der Waals surface area contributed by atoms with Gasteiger partial charge < -0.3 is 14.5 Å². The summed E-state index contributed by atoms with van der Waals surface area (Å²) in [4.78, 5) is 11.8. The van der Waals surface area contributed by atoms with Crippen LogP contribution in [0.1, 0.15) is 38.6 Å². The van der Waals surface area contributed by atoms with Crippen molar-refractivity contribution in [2.24, 2.45) is 0 Å². The highest BCUT2D eigenvalue weighted by atomic mass is 16.5. The summed E-state index contributed by atoms with van der Waals surface area (Å²) in [6.07, 6.45) is 2.06. The van der Waals surface area contributed by atoms with Crippen molar-refractivity contribution in [1.29, 1.82) is 0 Å². The molecule has 1 saturated heterocycles. The molecule has 2 rings (SSSR count). The first-order valence-electron chi connectivity index (χ1n) is 5.96. The molecule has 100 valence electrons. The third kappa shape index (κ3) is 2.68. The van der Waals surface area contributed by atoms with Crippen LogP contribution in [0, 0.1) is 0 Å². The van der Waals surface area contributed by atoms with Crippen LogP contribution in [0.3, 0.4) is 0 Å². The zero-order chi connectivity index (χ0) is 13.2. The Kier molecular flexibility index (Phi) is 3.63. The van der Waals surface area contributed by atoms with Crippen molar-refractivity contribution in [3.63, 3.8) is 0 Å². The number of aromatic nitrogens is 2. The summed E-state index contributed by atoms with van der Waals surface area (Å²) in [6.45, 7) is 4.28. The Morgan fingerprint density at radius 2 is 2.33 bits per heavy atom. The summed E-state index contributed by atoms with van der Waals surface area (Å²) in [5.41, 5.74) is -0.930. The standard InChI is InChI=1S/C11H18N4O3/c1-11(2,17-3)9(16)13-10-15-14-8(18-10)7-5-4-6-12-7/h7,12H,4-6H2,1-3H3,(H,13,15,16). The Hall–Kier alpha value is -1.47. The molecule has 1 aliphatic rings. The molecule has 1 aromatic heterocycles. The molecule has 0 radical (unpaired) electrons. The van der Waals surface area contributed by atoms with Gasteiger partial charge in [0, 0.05) is 7.11 Å². The third-order valence-corrected chi connectivity index (χ3v) is 3.08. The second kappa shape index (κ2) is 5.03. The Morgan fingerprint density at radius 3 is 2.94 bits per heavy atom. The van der Waals surface area contributed by atoms with E-state index in [0.717, 1.165) is 19.4 Å². The maximum Gasteiger partial charge on any atom is 0.322 e. The highest BCUT2D eigenvalue weighted by Crippen LogP contribution is 2.23. The van der Waals surface area contributed by atoms with E-state index in [1.165, 1.54) is 7.11 Å². The number of methoxy groups -OCH3 is 1. The zero-order valence-electron chi connectivity index (χ0n) is 10.8. The lowest BCUT2D eigenvalue weighted by Gasteiger charge is -2.20. The van der Waals surface area contributed by atoms with Crippen molar-refractivity contribution in [1.82, 2.24) is 15.5 Å². The van der Waals surface area contributed by atoms with Gasteiger partial charge in [-0.1, -0.05) is 5.10 Å². The first-order chi connectivity index (χ1) is 8.53. The number of nitrogens with zero attached hydrogens (tertiary/aromatic N) is 2. The van der Waals surface area contributed by atoms with E-state index in [9.17, 15) is 4.79 Å². The summed E-state index contributed by atoms with van der Waals surface area (Å²) in [7, 11) is 1.47. The number of hydrogen-bond acceptors (Lipinski definition) is 6. The van der Waals surface area contributed by atoms with Crippen LogP contribution in [0.2, 0.25) is 0 Å². The molecule has 1 aromatic rings. The van der Waals surface area contributed by atoms with E-state index < -0.39 is 5.60 Å². The van der Waals surface area contributed by atoms with Crippen molar-refractivity contribution >= 4 is 11.9 Å². The third-order valence-electron chi connectivity index (χ3n) is 3.08. The van der Waals surface area contributed by atoms with Gasteiger partial charge in [0.05, 0.1) is 6.04 Å². The summed E-state index contributed by atoms with van der Waals surface area (Å²) in [5, 5.41) is 13.5. The van der Waals surface area contributed by atoms with Crippen LogP contribution in [0.4, 0.5) is 6.01 Å². The molecule has 0 bridgehead atoms. The second-order valence-electron chi connectivity index (χ2n) is 4.76. The molecule has 0 aromatic carbocycles. The molecule has 1 amide bonds. The minimum atomic E-state index is -0.930. The highest BCUT2D eigenvalue weighted by molar-refractivity contribution is 5.95. The summed E-state index contributed by atoms with van der Waals surface area (Å²) < 4.78 is 10.5. The van der Waals surface area contributed by atoms with Crippen LogP contribution in [-0.4, -0.2) is 35.4 Å². The SMILES string of the molecule is COC(C)(C)C(=O)Nc1nnc(C2CCCN2)o1. The normalized spacial score (nSPS) is 20.1. The minimum absolute atomic E-state index is 0.0959. The number of carbonyl (C=O) groups excluding carboxylic acids is 1. The summed E-state index contributed by atoms with van der Waals surface area (Å²) in [6, 6.07) is 0.201.